The third-order valence-corrected chi connectivity index (χ3v) is 4.83. The summed E-state index contributed by atoms with van der Waals surface area (Å²) in [6.45, 7) is 4.38. The molecule has 1 N–H and O–H groups in total. The molecule has 0 saturated heterocycles. The second-order valence-corrected chi connectivity index (χ2v) is 7.28. The third-order valence-electron chi connectivity index (χ3n) is 4.83. The number of benzene rings is 2. The molecule has 8 nitrogen and oxygen atoms in total. The summed E-state index contributed by atoms with van der Waals surface area (Å²) in [5.41, 5.74) is 3.72. The van der Waals surface area contributed by atoms with Crippen LogP contribution in [-0.2, 0) is 11.2 Å². The van der Waals surface area contributed by atoms with Gasteiger partial charge >= 0.3 is 5.97 Å². The Labute approximate surface area is 173 Å². The van der Waals surface area contributed by atoms with Crippen LogP contribution in [-0.4, -0.2) is 40.4 Å². The Morgan fingerprint density at radius 1 is 1.37 bits per heavy atom. The predicted octanol–water partition coefficient (Wildman–Crippen LogP) is 3.51. The largest absolute Gasteiger partial charge is 0.490 e. The van der Waals surface area contributed by atoms with Crippen LogP contribution in [0.2, 0.25) is 0 Å². The lowest BCUT2D eigenvalue weighted by Crippen LogP contribution is -2.27. The zero-order chi connectivity index (χ0) is 21.3. The Hall–Kier alpha value is -3.86. The number of aliphatic carboxylic acids is 1. The number of carboxylic acids is 1. The maximum Gasteiger partial charge on any atom is 0.323 e. The number of ether oxygens (including phenoxy) is 1. The molecule has 0 saturated carbocycles. The molecule has 0 spiro atoms. The topological polar surface area (TPSA) is 112 Å². The molecule has 30 heavy (non-hydrogen) atoms. The normalized spacial score (nSPS) is 12.7. The lowest BCUT2D eigenvalue weighted by Gasteiger charge is -2.16. The summed E-state index contributed by atoms with van der Waals surface area (Å²) < 4.78 is 11.1. The number of rotatable bonds is 6. The highest BCUT2D eigenvalue weighted by molar-refractivity contribution is 5.79. The molecule has 2 heterocycles. The molecular formula is C22H20N4O4. The molecule has 1 aliphatic heterocycles. The Bertz CT molecular complexity index is 1150. The summed E-state index contributed by atoms with van der Waals surface area (Å²) in [6, 6.07) is 13.0. The summed E-state index contributed by atoms with van der Waals surface area (Å²) in [5.74, 6) is 0.374. The van der Waals surface area contributed by atoms with Gasteiger partial charge in [-0.1, -0.05) is 17.3 Å². The second kappa shape index (κ2) is 7.87. The zero-order valence-corrected chi connectivity index (χ0v) is 16.6. The van der Waals surface area contributed by atoms with Gasteiger partial charge in [0.25, 0.3) is 5.89 Å². The molecule has 0 bridgehead atoms. The molecule has 4 rings (SSSR count). The molecule has 1 aliphatic rings. The number of carbonyl (C=O) groups is 1. The number of carboxylic acid groups (broad SMARTS) is 1. The van der Waals surface area contributed by atoms with Crippen molar-refractivity contribution in [3.8, 4) is 34.7 Å². The van der Waals surface area contributed by atoms with Gasteiger partial charge in [0.05, 0.1) is 11.7 Å². The standard InChI is InChI=1S/C22H20N4O4/c1-13(2)29-19-7-6-14(10-15(19)11-23)22-24-21(25-30-22)17-4-3-5-18-16(17)8-9-26(18)12-20(27)28/h3-7,10,13H,8-9,12H2,1-2H3,(H,27,28). The zero-order valence-electron chi connectivity index (χ0n) is 16.6. The van der Waals surface area contributed by atoms with E-state index >= 15 is 0 Å². The summed E-state index contributed by atoms with van der Waals surface area (Å²) in [7, 11) is 0. The number of nitrogens with zero attached hydrogens (tertiary/aromatic N) is 4. The third kappa shape index (κ3) is 3.70. The van der Waals surface area contributed by atoms with Crippen molar-refractivity contribution >= 4 is 11.7 Å². The van der Waals surface area contributed by atoms with Gasteiger partial charge in [0, 0.05) is 23.4 Å². The number of hydrogen-bond donors (Lipinski definition) is 1. The maximum atomic E-state index is 11.1. The molecule has 8 heteroatoms. The van der Waals surface area contributed by atoms with E-state index in [-0.39, 0.29) is 12.6 Å². The van der Waals surface area contributed by atoms with Crippen molar-refractivity contribution in [2.45, 2.75) is 26.4 Å². The van der Waals surface area contributed by atoms with Gasteiger partial charge in [-0.3, -0.25) is 4.79 Å². The van der Waals surface area contributed by atoms with Crippen LogP contribution < -0.4 is 9.64 Å². The Morgan fingerprint density at radius 3 is 2.93 bits per heavy atom. The molecule has 0 aliphatic carbocycles. The van der Waals surface area contributed by atoms with E-state index in [0.29, 0.717) is 41.6 Å². The molecular weight excluding hydrogens is 384 g/mol. The molecule has 0 amide bonds. The monoisotopic (exact) mass is 404 g/mol. The van der Waals surface area contributed by atoms with Gasteiger partial charge in [-0.05, 0) is 50.1 Å². The number of nitriles is 1. The van der Waals surface area contributed by atoms with E-state index in [4.69, 9.17) is 14.4 Å². The fourth-order valence-electron chi connectivity index (χ4n) is 3.60. The fourth-order valence-corrected chi connectivity index (χ4v) is 3.60. The van der Waals surface area contributed by atoms with Gasteiger partial charge in [0.1, 0.15) is 18.4 Å². The first kappa shape index (κ1) is 19.5. The number of hydrogen-bond acceptors (Lipinski definition) is 7. The average molecular weight is 404 g/mol. The average Bonchev–Trinajstić information content (AvgIpc) is 3.35. The first-order valence-electron chi connectivity index (χ1n) is 9.60. The van der Waals surface area contributed by atoms with E-state index in [1.165, 1.54) is 0 Å². The first-order chi connectivity index (χ1) is 14.5. The second-order valence-electron chi connectivity index (χ2n) is 7.28. The molecule has 152 valence electrons. The predicted molar refractivity (Wildman–Crippen MR) is 109 cm³/mol. The lowest BCUT2D eigenvalue weighted by atomic mass is 10.0. The summed E-state index contributed by atoms with van der Waals surface area (Å²) in [6.07, 6.45) is 0.668. The fraction of sp³-hybridized carbons (Fsp3) is 0.273. The Kier molecular flexibility index (Phi) is 5.11. The van der Waals surface area contributed by atoms with Gasteiger partial charge in [-0.2, -0.15) is 10.2 Å². The molecule has 3 aromatic rings. The Balaban J connectivity index is 1.66. The van der Waals surface area contributed by atoms with Gasteiger partial charge in [0.15, 0.2) is 0 Å². The Morgan fingerprint density at radius 2 is 2.20 bits per heavy atom. The van der Waals surface area contributed by atoms with Gasteiger partial charge in [0.2, 0.25) is 5.82 Å². The number of anilines is 1. The van der Waals surface area contributed by atoms with Gasteiger partial charge < -0.3 is 19.3 Å². The molecule has 0 unspecified atom stereocenters. The van der Waals surface area contributed by atoms with Crippen LogP contribution in [0, 0.1) is 11.3 Å². The van der Waals surface area contributed by atoms with Crippen molar-refractivity contribution in [2.75, 3.05) is 18.0 Å². The van der Waals surface area contributed by atoms with E-state index < -0.39 is 5.97 Å². The van der Waals surface area contributed by atoms with Crippen LogP contribution in [0.1, 0.15) is 25.0 Å². The van der Waals surface area contributed by atoms with Crippen LogP contribution in [0.3, 0.4) is 0 Å². The SMILES string of the molecule is CC(C)Oc1ccc(-c2nc(-c3cccc4c3CCN4CC(=O)O)no2)cc1C#N. The molecule has 1 aromatic heterocycles. The van der Waals surface area contributed by atoms with E-state index in [1.54, 1.807) is 18.2 Å². The van der Waals surface area contributed by atoms with E-state index in [0.717, 1.165) is 16.8 Å². The lowest BCUT2D eigenvalue weighted by molar-refractivity contribution is -0.135. The molecule has 0 fully saturated rings. The van der Waals surface area contributed by atoms with Crippen LogP contribution in [0.15, 0.2) is 40.9 Å². The van der Waals surface area contributed by atoms with Crippen LogP contribution in [0.4, 0.5) is 5.69 Å². The van der Waals surface area contributed by atoms with Crippen LogP contribution >= 0.6 is 0 Å². The van der Waals surface area contributed by atoms with Crippen LogP contribution in [0.25, 0.3) is 22.8 Å². The summed E-state index contributed by atoms with van der Waals surface area (Å²) >= 11 is 0. The van der Waals surface area contributed by atoms with Crippen molar-refractivity contribution in [1.82, 2.24) is 10.1 Å². The molecule has 2 aromatic carbocycles. The molecule has 0 atom stereocenters. The minimum Gasteiger partial charge on any atom is -0.490 e. The molecule has 0 radical (unpaired) electrons. The summed E-state index contributed by atoms with van der Waals surface area (Å²) in [4.78, 5) is 17.4. The highest BCUT2D eigenvalue weighted by Gasteiger charge is 2.25. The quantitative estimate of drug-likeness (QED) is 0.664. The van der Waals surface area contributed by atoms with Gasteiger partial charge in [-0.25, -0.2) is 0 Å². The number of aromatic nitrogens is 2. The van der Waals surface area contributed by atoms with E-state index in [1.807, 2.05) is 36.9 Å². The highest BCUT2D eigenvalue weighted by atomic mass is 16.5. The maximum absolute atomic E-state index is 11.1. The smallest absolute Gasteiger partial charge is 0.323 e. The summed E-state index contributed by atoms with van der Waals surface area (Å²) in [5, 5.41) is 22.7. The minimum atomic E-state index is -0.867. The first-order valence-corrected chi connectivity index (χ1v) is 9.60. The van der Waals surface area contributed by atoms with Crippen molar-refractivity contribution in [3.05, 3.63) is 47.5 Å². The van der Waals surface area contributed by atoms with E-state index in [9.17, 15) is 10.1 Å². The van der Waals surface area contributed by atoms with Crippen molar-refractivity contribution in [3.63, 3.8) is 0 Å². The minimum absolute atomic E-state index is 0.0428. The van der Waals surface area contributed by atoms with Gasteiger partial charge in [-0.15, -0.1) is 0 Å². The van der Waals surface area contributed by atoms with Crippen molar-refractivity contribution in [1.29, 1.82) is 5.26 Å². The highest BCUT2D eigenvalue weighted by Crippen LogP contribution is 2.36. The van der Waals surface area contributed by atoms with Crippen LogP contribution in [0.5, 0.6) is 5.75 Å². The van der Waals surface area contributed by atoms with Crippen molar-refractivity contribution in [2.24, 2.45) is 0 Å². The number of fused-ring (bicyclic) bond motifs is 1. The van der Waals surface area contributed by atoms with E-state index in [2.05, 4.69) is 16.2 Å². The van der Waals surface area contributed by atoms with Crippen molar-refractivity contribution < 1.29 is 19.2 Å².